The Morgan fingerprint density at radius 1 is 1.16 bits per heavy atom. The Balaban J connectivity index is 1.51. The van der Waals surface area contributed by atoms with E-state index >= 15 is 0 Å². The molecule has 3 heterocycles. The van der Waals surface area contributed by atoms with Crippen LogP contribution in [0.2, 0.25) is 0 Å². The number of ether oxygens (including phenoxy) is 1. The first-order valence-corrected chi connectivity index (χ1v) is 9.10. The number of benzene rings is 1. The molecule has 4 rings (SSSR count). The lowest BCUT2D eigenvalue weighted by molar-refractivity contribution is -0.150. The summed E-state index contributed by atoms with van der Waals surface area (Å²) in [5.41, 5.74) is 0.727. The molecule has 1 spiro atoms. The predicted molar refractivity (Wildman–Crippen MR) is 94.7 cm³/mol. The maximum Gasteiger partial charge on any atom is 0.243 e. The van der Waals surface area contributed by atoms with Crippen molar-refractivity contribution in [3.8, 4) is 5.75 Å². The van der Waals surface area contributed by atoms with Crippen molar-refractivity contribution in [1.29, 1.82) is 0 Å². The first-order valence-electron chi connectivity index (χ1n) is 9.10. The van der Waals surface area contributed by atoms with Crippen LogP contribution in [0, 0.1) is 0 Å². The Labute approximate surface area is 148 Å². The third kappa shape index (κ3) is 2.88. The van der Waals surface area contributed by atoms with Crippen LogP contribution in [0.15, 0.2) is 24.3 Å². The maximum atomic E-state index is 13.0. The van der Waals surface area contributed by atoms with Gasteiger partial charge in [-0.05, 0) is 38.4 Å². The van der Waals surface area contributed by atoms with Crippen molar-refractivity contribution in [3.63, 3.8) is 0 Å². The second-order valence-electron chi connectivity index (χ2n) is 7.37. The summed E-state index contributed by atoms with van der Waals surface area (Å²) in [6.45, 7) is 3.34. The number of hydrogen-bond acceptors (Lipinski definition) is 4. The highest BCUT2D eigenvalue weighted by Crippen LogP contribution is 2.40. The molecule has 0 aliphatic carbocycles. The summed E-state index contributed by atoms with van der Waals surface area (Å²) in [7, 11) is 2.13. The van der Waals surface area contributed by atoms with E-state index in [0.717, 1.165) is 38.9 Å². The number of piperidine rings is 1. The molecule has 0 aromatic heterocycles. The molecular formula is C19H25N3O3. The number of anilines is 1. The molecule has 1 aromatic carbocycles. The maximum absolute atomic E-state index is 13.0. The van der Waals surface area contributed by atoms with Crippen LogP contribution in [-0.2, 0) is 9.59 Å². The van der Waals surface area contributed by atoms with Crippen LogP contribution in [0.3, 0.4) is 0 Å². The van der Waals surface area contributed by atoms with Gasteiger partial charge in [-0.3, -0.25) is 14.5 Å². The Kier molecular flexibility index (Phi) is 4.15. The van der Waals surface area contributed by atoms with Crippen LogP contribution in [-0.4, -0.2) is 67.0 Å². The molecular weight excluding hydrogens is 318 g/mol. The van der Waals surface area contributed by atoms with E-state index in [4.69, 9.17) is 4.74 Å². The number of carbonyl (C=O) groups excluding carboxylic acids is 2. The number of nitrogens with zero attached hydrogens (tertiary/aromatic N) is 3. The van der Waals surface area contributed by atoms with E-state index in [9.17, 15) is 9.59 Å². The Morgan fingerprint density at radius 3 is 2.60 bits per heavy atom. The fourth-order valence-corrected chi connectivity index (χ4v) is 4.20. The number of likely N-dealkylation sites (tertiary alicyclic amines) is 2. The van der Waals surface area contributed by atoms with Gasteiger partial charge in [-0.2, -0.15) is 0 Å². The summed E-state index contributed by atoms with van der Waals surface area (Å²) in [6.07, 6.45) is 3.45. The molecule has 6 heteroatoms. The molecule has 0 unspecified atom stereocenters. The lowest BCUT2D eigenvalue weighted by atomic mass is 9.76. The smallest absolute Gasteiger partial charge is 0.243 e. The number of fused-ring (bicyclic) bond motifs is 1. The van der Waals surface area contributed by atoms with Gasteiger partial charge in [0.25, 0.3) is 0 Å². The summed E-state index contributed by atoms with van der Waals surface area (Å²) in [5, 5.41) is 0. The highest BCUT2D eigenvalue weighted by molar-refractivity contribution is 6.00. The Bertz CT molecular complexity index is 682. The van der Waals surface area contributed by atoms with E-state index in [2.05, 4.69) is 11.9 Å². The molecule has 0 atom stereocenters. The van der Waals surface area contributed by atoms with Crippen molar-refractivity contribution in [2.75, 3.05) is 44.7 Å². The highest BCUT2D eigenvalue weighted by Gasteiger charge is 2.48. The van der Waals surface area contributed by atoms with E-state index in [1.165, 1.54) is 0 Å². The molecule has 0 radical (unpaired) electrons. The SMILES string of the molecule is CN1CCC2(CC1)CCN2C(=O)CN1C(=O)CCOc2ccccc21. The summed E-state index contributed by atoms with van der Waals surface area (Å²) < 4.78 is 5.66. The summed E-state index contributed by atoms with van der Waals surface area (Å²) in [6, 6.07) is 7.47. The Hall–Kier alpha value is -2.08. The minimum absolute atomic E-state index is 0.0223. The zero-order valence-corrected chi connectivity index (χ0v) is 14.7. The van der Waals surface area contributed by atoms with Gasteiger partial charge in [0.1, 0.15) is 12.3 Å². The van der Waals surface area contributed by atoms with Crippen LogP contribution in [0.1, 0.15) is 25.7 Å². The first kappa shape index (κ1) is 16.4. The molecule has 6 nitrogen and oxygen atoms in total. The fourth-order valence-electron chi connectivity index (χ4n) is 4.20. The summed E-state index contributed by atoms with van der Waals surface area (Å²) in [4.78, 5) is 31.5. The number of para-hydroxylation sites is 2. The minimum Gasteiger partial charge on any atom is -0.491 e. The second kappa shape index (κ2) is 6.33. The van der Waals surface area contributed by atoms with Gasteiger partial charge in [0.2, 0.25) is 11.8 Å². The van der Waals surface area contributed by atoms with E-state index in [1.807, 2.05) is 29.2 Å². The molecule has 3 aliphatic heterocycles. The zero-order chi connectivity index (χ0) is 17.4. The number of carbonyl (C=O) groups is 2. The fraction of sp³-hybridized carbons (Fsp3) is 0.579. The van der Waals surface area contributed by atoms with Gasteiger partial charge in [0, 0.05) is 25.2 Å². The van der Waals surface area contributed by atoms with Crippen LogP contribution >= 0.6 is 0 Å². The minimum atomic E-state index is -0.0451. The van der Waals surface area contributed by atoms with Crippen molar-refractivity contribution < 1.29 is 14.3 Å². The number of rotatable bonds is 2. The summed E-state index contributed by atoms with van der Waals surface area (Å²) >= 11 is 0. The predicted octanol–water partition coefficient (Wildman–Crippen LogP) is 1.50. The molecule has 2 amide bonds. The van der Waals surface area contributed by atoms with Gasteiger partial charge >= 0.3 is 0 Å². The lowest BCUT2D eigenvalue weighted by Gasteiger charge is -2.56. The van der Waals surface area contributed by atoms with Gasteiger partial charge in [-0.1, -0.05) is 12.1 Å². The van der Waals surface area contributed by atoms with Crippen LogP contribution in [0.25, 0.3) is 0 Å². The molecule has 134 valence electrons. The average Bonchev–Trinajstić information content (AvgIpc) is 2.74. The molecule has 0 N–H and O–H groups in total. The van der Waals surface area contributed by atoms with E-state index in [1.54, 1.807) is 4.90 Å². The second-order valence-corrected chi connectivity index (χ2v) is 7.37. The van der Waals surface area contributed by atoms with Crippen molar-refractivity contribution in [3.05, 3.63) is 24.3 Å². The van der Waals surface area contributed by atoms with Crippen molar-refractivity contribution in [2.24, 2.45) is 0 Å². The molecule has 25 heavy (non-hydrogen) atoms. The van der Waals surface area contributed by atoms with E-state index < -0.39 is 0 Å². The Morgan fingerprint density at radius 2 is 1.88 bits per heavy atom. The average molecular weight is 343 g/mol. The highest BCUT2D eigenvalue weighted by atomic mass is 16.5. The molecule has 2 fully saturated rings. The van der Waals surface area contributed by atoms with Crippen LogP contribution in [0.4, 0.5) is 5.69 Å². The molecule has 1 aromatic rings. The molecule has 3 aliphatic rings. The van der Waals surface area contributed by atoms with Crippen molar-refractivity contribution in [1.82, 2.24) is 9.80 Å². The summed E-state index contributed by atoms with van der Waals surface area (Å²) in [5.74, 6) is 0.691. The van der Waals surface area contributed by atoms with Crippen molar-refractivity contribution >= 4 is 17.5 Å². The van der Waals surface area contributed by atoms with Gasteiger partial charge in [0.05, 0.1) is 18.7 Å². The number of hydrogen-bond donors (Lipinski definition) is 0. The van der Waals surface area contributed by atoms with Gasteiger partial charge in [0.15, 0.2) is 0 Å². The lowest BCUT2D eigenvalue weighted by Crippen LogP contribution is -2.66. The quantitative estimate of drug-likeness (QED) is 0.817. The molecule has 2 saturated heterocycles. The third-order valence-corrected chi connectivity index (χ3v) is 5.92. The normalized spacial score (nSPS) is 22.8. The van der Waals surface area contributed by atoms with Gasteiger partial charge in [-0.25, -0.2) is 0 Å². The largest absolute Gasteiger partial charge is 0.491 e. The number of amides is 2. The monoisotopic (exact) mass is 343 g/mol. The first-order chi connectivity index (χ1) is 12.1. The molecule has 0 saturated carbocycles. The molecule has 0 bridgehead atoms. The van der Waals surface area contributed by atoms with E-state index in [0.29, 0.717) is 24.5 Å². The van der Waals surface area contributed by atoms with Crippen LogP contribution < -0.4 is 9.64 Å². The van der Waals surface area contributed by atoms with Gasteiger partial charge in [-0.15, -0.1) is 0 Å². The third-order valence-electron chi connectivity index (χ3n) is 5.92. The topological polar surface area (TPSA) is 53.1 Å². The van der Waals surface area contributed by atoms with Gasteiger partial charge < -0.3 is 14.5 Å². The van der Waals surface area contributed by atoms with Crippen molar-refractivity contribution in [2.45, 2.75) is 31.2 Å². The van der Waals surface area contributed by atoms with E-state index in [-0.39, 0.29) is 23.9 Å². The standard InChI is InChI=1S/C19H25N3O3/c1-20-10-7-19(8-11-20)9-12-22(19)18(24)14-21-15-4-2-3-5-16(15)25-13-6-17(21)23/h2-5H,6-14H2,1H3. The zero-order valence-electron chi connectivity index (χ0n) is 14.7. The van der Waals surface area contributed by atoms with Crippen LogP contribution in [0.5, 0.6) is 5.75 Å².